The highest BCUT2D eigenvalue weighted by molar-refractivity contribution is 7.73. The van der Waals surface area contributed by atoms with Gasteiger partial charge in [0.15, 0.2) is 0 Å². The smallest absolute Gasteiger partial charge is 0.337 e. The summed E-state index contributed by atoms with van der Waals surface area (Å²) in [6.45, 7) is 0. The normalized spacial score (nSPS) is 10.4. The van der Waals surface area contributed by atoms with Gasteiger partial charge in [-0.2, -0.15) is 0 Å². The molecule has 0 radical (unpaired) electrons. The van der Waals surface area contributed by atoms with E-state index in [4.69, 9.17) is 0 Å². The summed E-state index contributed by atoms with van der Waals surface area (Å²) in [7, 11) is -1.52. The summed E-state index contributed by atoms with van der Waals surface area (Å²) < 4.78 is 30.1. The van der Waals surface area contributed by atoms with Gasteiger partial charge in [-0.05, 0) is 30.3 Å². The van der Waals surface area contributed by atoms with E-state index in [1.807, 2.05) is 12.1 Å². The number of esters is 1. The third-order valence-electron chi connectivity index (χ3n) is 2.46. The van der Waals surface area contributed by atoms with Gasteiger partial charge in [-0.1, -0.05) is 0 Å². The molecular weight excluding hydrogens is 268 g/mol. The number of thiol groups is 1. The molecule has 1 heterocycles. The molecule has 0 unspecified atom stereocenters. The molecular formula is C12H12N2O4S. The van der Waals surface area contributed by atoms with Gasteiger partial charge >= 0.3 is 5.97 Å². The van der Waals surface area contributed by atoms with Crippen molar-refractivity contribution >= 4 is 22.5 Å². The lowest BCUT2D eigenvalue weighted by Crippen LogP contribution is -2.05. The van der Waals surface area contributed by atoms with Crippen molar-refractivity contribution < 1.29 is 17.9 Å². The molecule has 0 fully saturated rings. The van der Waals surface area contributed by atoms with E-state index in [0.717, 1.165) is 0 Å². The molecule has 0 bridgehead atoms. The maximum atomic E-state index is 11.6. The quantitative estimate of drug-likeness (QED) is 0.651. The molecule has 0 atom stereocenters. The molecule has 0 aliphatic heterocycles. The lowest BCUT2D eigenvalue weighted by atomic mass is 10.1. The second-order valence-corrected chi connectivity index (χ2v) is 4.46. The lowest BCUT2D eigenvalue weighted by Gasteiger charge is -2.09. The van der Waals surface area contributed by atoms with Gasteiger partial charge in [-0.25, -0.2) is 13.2 Å². The molecule has 0 aliphatic rings. The van der Waals surface area contributed by atoms with Gasteiger partial charge in [0.25, 0.3) is 0 Å². The van der Waals surface area contributed by atoms with Crippen LogP contribution < -0.4 is 4.72 Å². The Morgan fingerprint density at radius 1 is 1.21 bits per heavy atom. The SMILES string of the molecule is COC(=O)c1cc(N[SH](=O)=O)cc(-n2cccc2)c1. The first-order valence-corrected chi connectivity index (χ1v) is 6.55. The molecule has 2 aromatic rings. The largest absolute Gasteiger partial charge is 0.465 e. The number of benzene rings is 1. The Balaban J connectivity index is 2.51. The summed E-state index contributed by atoms with van der Waals surface area (Å²) >= 11 is 0. The molecule has 1 aromatic heterocycles. The zero-order chi connectivity index (χ0) is 13.8. The Kier molecular flexibility index (Phi) is 3.86. The second kappa shape index (κ2) is 5.57. The number of carbonyl (C=O) groups is 1. The van der Waals surface area contributed by atoms with Crippen LogP contribution in [0.3, 0.4) is 0 Å². The minimum Gasteiger partial charge on any atom is -0.465 e. The topological polar surface area (TPSA) is 77.4 Å². The zero-order valence-electron chi connectivity index (χ0n) is 10.1. The molecule has 19 heavy (non-hydrogen) atoms. The van der Waals surface area contributed by atoms with E-state index >= 15 is 0 Å². The zero-order valence-corrected chi connectivity index (χ0v) is 11.0. The van der Waals surface area contributed by atoms with E-state index in [1.54, 1.807) is 29.1 Å². The first-order valence-electron chi connectivity index (χ1n) is 5.38. The molecule has 0 aliphatic carbocycles. The van der Waals surface area contributed by atoms with Gasteiger partial charge < -0.3 is 9.30 Å². The number of anilines is 1. The molecule has 0 saturated carbocycles. The van der Waals surface area contributed by atoms with Crippen LogP contribution >= 0.6 is 0 Å². The minimum atomic E-state index is -2.79. The Hall–Kier alpha value is -2.28. The maximum absolute atomic E-state index is 11.6. The predicted molar refractivity (Wildman–Crippen MR) is 71.0 cm³/mol. The highest BCUT2D eigenvalue weighted by Crippen LogP contribution is 2.19. The fourth-order valence-electron chi connectivity index (χ4n) is 1.67. The van der Waals surface area contributed by atoms with Crippen molar-refractivity contribution in [3.63, 3.8) is 0 Å². The molecule has 0 spiro atoms. The number of carbonyl (C=O) groups excluding carboxylic acids is 1. The number of methoxy groups -OCH3 is 1. The number of aromatic nitrogens is 1. The highest BCUT2D eigenvalue weighted by atomic mass is 32.2. The summed E-state index contributed by atoms with van der Waals surface area (Å²) in [6.07, 6.45) is 3.58. The third-order valence-corrected chi connectivity index (χ3v) is 2.90. The molecule has 2 rings (SSSR count). The van der Waals surface area contributed by atoms with Crippen LogP contribution in [0.4, 0.5) is 5.69 Å². The monoisotopic (exact) mass is 280 g/mol. The van der Waals surface area contributed by atoms with Gasteiger partial charge in [-0.15, -0.1) is 0 Å². The molecule has 7 heteroatoms. The number of hydrogen-bond donors (Lipinski definition) is 2. The number of hydrogen-bond acceptors (Lipinski definition) is 4. The molecule has 6 nitrogen and oxygen atoms in total. The van der Waals surface area contributed by atoms with Crippen molar-refractivity contribution in [3.05, 3.63) is 48.3 Å². The Labute approximate surface area is 111 Å². The van der Waals surface area contributed by atoms with Crippen LogP contribution in [0.1, 0.15) is 10.4 Å². The maximum Gasteiger partial charge on any atom is 0.337 e. The van der Waals surface area contributed by atoms with E-state index < -0.39 is 16.9 Å². The molecule has 0 saturated heterocycles. The average Bonchev–Trinajstić information content (AvgIpc) is 2.90. The molecule has 1 N–H and O–H groups in total. The van der Waals surface area contributed by atoms with E-state index in [9.17, 15) is 13.2 Å². The fraction of sp³-hybridized carbons (Fsp3) is 0.0833. The van der Waals surface area contributed by atoms with Crippen LogP contribution in [-0.2, 0) is 15.6 Å². The molecule has 0 amide bonds. The Morgan fingerprint density at radius 2 is 1.89 bits per heavy atom. The summed E-state index contributed by atoms with van der Waals surface area (Å²) in [5, 5.41) is 0. The number of ether oxygens (including phenoxy) is 1. The van der Waals surface area contributed by atoms with Crippen LogP contribution in [0.15, 0.2) is 42.7 Å². The lowest BCUT2D eigenvalue weighted by molar-refractivity contribution is 0.0600. The Bertz CT molecular complexity index is 654. The highest BCUT2D eigenvalue weighted by Gasteiger charge is 2.10. The summed E-state index contributed by atoms with van der Waals surface area (Å²) in [5.41, 5.74) is 1.24. The standard InChI is InChI=1S/C12H12N2O4S/c1-18-12(15)9-6-10(13-19(16)17)8-11(7-9)14-4-2-3-5-14/h2-8,19H,1H3,(H,13,16,17). The first-order chi connectivity index (χ1) is 9.10. The van der Waals surface area contributed by atoms with Crippen molar-refractivity contribution in [1.29, 1.82) is 0 Å². The van der Waals surface area contributed by atoms with Crippen molar-refractivity contribution in [1.82, 2.24) is 4.57 Å². The van der Waals surface area contributed by atoms with E-state index in [1.165, 1.54) is 13.2 Å². The van der Waals surface area contributed by atoms with Gasteiger partial charge in [0.1, 0.15) is 0 Å². The van der Waals surface area contributed by atoms with Crippen molar-refractivity contribution in [2.24, 2.45) is 0 Å². The van der Waals surface area contributed by atoms with Crippen LogP contribution in [-0.4, -0.2) is 26.1 Å². The summed E-state index contributed by atoms with van der Waals surface area (Å²) in [5.74, 6) is -0.529. The number of nitrogens with one attached hydrogen (secondary N) is 1. The predicted octanol–water partition coefficient (Wildman–Crippen LogP) is 1.20. The first kappa shape index (κ1) is 13.2. The van der Waals surface area contributed by atoms with Crippen molar-refractivity contribution in [3.8, 4) is 5.69 Å². The summed E-state index contributed by atoms with van der Waals surface area (Å²) in [4.78, 5) is 11.6. The van der Waals surface area contributed by atoms with Gasteiger partial charge in [0.05, 0.1) is 18.4 Å². The third kappa shape index (κ3) is 3.14. The van der Waals surface area contributed by atoms with Crippen LogP contribution in [0, 0.1) is 0 Å². The van der Waals surface area contributed by atoms with Gasteiger partial charge in [0.2, 0.25) is 10.9 Å². The van der Waals surface area contributed by atoms with Crippen molar-refractivity contribution in [2.45, 2.75) is 0 Å². The van der Waals surface area contributed by atoms with Gasteiger partial charge in [-0.3, -0.25) is 4.72 Å². The average molecular weight is 280 g/mol. The number of nitrogens with zero attached hydrogens (tertiary/aromatic N) is 1. The van der Waals surface area contributed by atoms with E-state index in [-0.39, 0.29) is 5.56 Å². The molecule has 100 valence electrons. The number of rotatable bonds is 4. The fourth-order valence-corrected chi connectivity index (χ4v) is 2.01. The van der Waals surface area contributed by atoms with E-state index in [0.29, 0.717) is 11.4 Å². The van der Waals surface area contributed by atoms with Crippen LogP contribution in [0.2, 0.25) is 0 Å². The van der Waals surface area contributed by atoms with Crippen LogP contribution in [0.5, 0.6) is 0 Å². The van der Waals surface area contributed by atoms with E-state index in [2.05, 4.69) is 9.46 Å². The van der Waals surface area contributed by atoms with Gasteiger partial charge in [0, 0.05) is 18.1 Å². The van der Waals surface area contributed by atoms with Crippen LogP contribution in [0.25, 0.3) is 5.69 Å². The second-order valence-electron chi connectivity index (χ2n) is 3.72. The molecule has 1 aromatic carbocycles. The Morgan fingerprint density at radius 3 is 2.47 bits per heavy atom. The van der Waals surface area contributed by atoms with Crippen molar-refractivity contribution in [2.75, 3.05) is 11.8 Å². The summed E-state index contributed by atoms with van der Waals surface area (Å²) in [6, 6.07) is 8.31. The minimum absolute atomic E-state index is 0.271.